The van der Waals surface area contributed by atoms with E-state index in [0.717, 1.165) is 24.0 Å². The molecule has 0 aromatic heterocycles. The minimum Gasteiger partial charge on any atom is -0.481 e. The molecule has 2 aromatic carbocycles. The van der Waals surface area contributed by atoms with Gasteiger partial charge in [0.05, 0.1) is 19.0 Å². The van der Waals surface area contributed by atoms with Gasteiger partial charge < -0.3 is 20.1 Å². The summed E-state index contributed by atoms with van der Waals surface area (Å²) in [5, 5.41) is 11.4. The van der Waals surface area contributed by atoms with Gasteiger partial charge in [-0.15, -0.1) is 0 Å². The molecule has 0 bridgehead atoms. The van der Waals surface area contributed by atoms with Gasteiger partial charge in [0.15, 0.2) is 0 Å². The summed E-state index contributed by atoms with van der Waals surface area (Å²) < 4.78 is 6.20. The predicted octanol–water partition coefficient (Wildman–Crippen LogP) is 5.43. The average Bonchev–Trinajstić information content (AvgIpc) is 3.31. The van der Waals surface area contributed by atoms with Crippen molar-refractivity contribution in [3.8, 4) is 0 Å². The molecule has 2 aliphatic rings. The first-order chi connectivity index (χ1) is 17.7. The lowest BCUT2D eigenvalue weighted by Gasteiger charge is -2.41. The predicted molar refractivity (Wildman–Crippen MR) is 144 cm³/mol. The van der Waals surface area contributed by atoms with Gasteiger partial charge in [0.25, 0.3) is 11.9 Å². The van der Waals surface area contributed by atoms with Crippen molar-refractivity contribution in [3.63, 3.8) is 0 Å². The Hall–Kier alpha value is -3.35. The maximum absolute atomic E-state index is 12.4. The molecule has 1 saturated heterocycles. The molecule has 0 spiro atoms. The lowest BCUT2D eigenvalue weighted by Crippen LogP contribution is -2.42. The van der Waals surface area contributed by atoms with Gasteiger partial charge in [-0.05, 0) is 60.3 Å². The summed E-state index contributed by atoms with van der Waals surface area (Å²) in [6.45, 7) is 8.23. The highest BCUT2D eigenvalue weighted by atomic mass is 16.5. The van der Waals surface area contributed by atoms with Gasteiger partial charge >= 0.3 is 5.97 Å². The summed E-state index contributed by atoms with van der Waals surface area (Å²) in [5.74, 6) is -0.481. The van der Waals surface area contributed by atoms with E-state index >= 15 is 0 Å². The highest BCUT2D eigenvalue weighted by molar-refractivity contribution is 5.94. The van der Waals surface area contributed by atoms with Gasteiger partial charge in [0.1, 0.15) is 6.61 Å². The fourth-order valence-electron chi connectivity index (χ4n) is 5.44. The number of benzene rings is 2. The van der Waals surface area contributed by atoms with Crippen molar-refractivity contribution in [3.05, 3.63) is 71.3 Å². The summed E-state index contributed by atoms with van der Waals surface area (Å²) >= 11 is 0. The van der Waals surface area contributed by atoms with Gasteiger partial charge in [0.2, 0.25) is 0 Å². The lowest BCUT2D eigenvalue weighted by atomic mass is 9.71. The van der Waals surface area contributed by atoms with E-state index in [1.54, 1.807) is 12.1 Å². The first-order valence-corrected chi connectivity index (χ1v) is 13.3. The number of carboxylic acid groups (broad SMARTS) is 1. The fraction of sp³-hybridized carbons (Fsp3) is 0.500. The van der Waals surface area contributed by atoms with Crippen LogP contribution in [0.2, 0.25) is 0 Å². The molecule has 7 heteroatoms. The third-order valence-corrected chi connectivity index (χ3v) is 7.66. The Kier molecular flexibility index (Phi) is 8.52. The Morgan fingerprint density at radius 3 is 2.32 bits per heavy atom. The Morgan fingerprint density at radius 2 is 1.70 bits per heavy atom. The van der Waals surface area contributed by atoms with Gasteiger partial charge in [-0.1, -0.05) is 63.2 Å². The van der Waals surface area contributed by atoms with Crippen molar-refractivity contribution in [2.75, 3.05) is 13.2 Å². The third kappa shape index (κ3) is 6.90. The van der Waals surface area contributed by atoms with Crippen LogP contribution in [0.15, 0.2) is 59.6 Å². The largest absolute Gasteiger partial charge is 0.481 e. The van der Waals surface area contributed by atoms with Crippen molar-refractivity contribution in [2.24, 2.45) is 16.3 Å². The number of amidine groups is 1. The van der Waals surface area contributed by atoms with Crippen LogP contribution in [0.3, 0.4) is 0 Å². The van der Waals surface area contributed by atoms with E-state index in [2.05, 4.69) is 43.1 Å². The first kappa shape index (κ1) is 26.7. The quantitative estimate of drug-likeness (QED) is 0.500. The minimum absolute atomic E-state index is 0.0369. The van der Waals surface area contributed by atoms with Crippen molar-refractivity contribution in [2.45, 2.75) is 71.5 Å². The zero-order chi connectivity index (χ0) is 26.4. The second-order valence-corrected chi connectivity index (χ2v) is 11.2. The number of nitrogens with zero attached hydrogens (tertiary/aromatic N) is 2. The number of carboxylic acids is 1. The number of aliphatic carboxylic acids is 1. The number of aliphatic imine (C=N–C) groups is 1. The van der Waals surface area contributed by atoms with E-state index in [9.17, 15) is 9.59 Å². The second-order valence-electron chi connectivity index (χ2n) is 11.2. The van der Waals surface area contributed by atoms with Crippen LogP contribution in [-0.2, 0) is 16.1 Å². The van der Waals surface area contributed by atoms with E-state index in [4.69, 9.17) is 14.8 Å². The zero-order valence-corrected chi connectivity index (χ0v) is 22.2. The molecule has 1 amide bonds. The van der Waals surface area contributed by atoms with E-state index in [-0.39, 0.29) is 24.9 Å². The molecule has 1 aliphatic heterocycles. The number of hydrogen-bond donors (Lipinski definition) is 2. The van der Waals surface area contributed by atoms with Crippen molar-refractivity contribution >= 4 is 17.9 Å². The van der Waals surface area contributed by atoms with E-state index in [1.165, 1.54) is 12.8 Å². The van der Waals surface area contributed by atoms with Crippen molar-refractivity contribution < 1.29 is 19.4 Å². The molecule has 4 rings (SSSR count). The molecule has 198 valence electrons. The molecular weight excluding hydrogens is 466 g/mol. The number of carbonyl (C=O) groups is 2. The van der Waals surface area contributed by atoms with Crippen LogP contribution in [0.4, 0.5) is 0 Å². The third-order valence-electron chi connectivity index (χ3n) is 7.66. The van der Waals surface area contributed by atoms with Crippen LogP contribution in [0.1, 0.15) is 80.4 Å². The van der Waals surface area contributed by atoms with Crippen LogP contribution in [-0.4, -0.2) is 47.1 Å². The number of nitrogens with one attached hydrogen (secondary N) is 1. The lowest BCUT2D eigenvalue weighted by molar-refractivity contribution is -0.136. The highest BCUT2D eigenvalue weighted by Gasteiger charge is 2.40. The molecule has 2 N–H and O–H groups in total. The average molecular weight is 506 g/mol. The molecule has 0 radical (unpaired) electrons. The topological polar surface area (TPSA) is 91.2 Å². The summed E-state index contributed by atoms with van der Waals surface area (Å²) in [5.41, 5.74) is 3.07. The van der Waals surface area contributed by atoms with Crippen molar-refractivity contribution in [1.82, 2.24) is 10.2 Å². The van der Waals surface area contributed by atoms with Crippen LogP contribution >= 0.6 is 0 Å². The Labute approximate surface area is 219 Å². The Bertz CT molecular complexity index is 1080. The van der Waals surface area contributed by atoms with Crippen LogP contribution in [0.25, 0.3) is 0 Å². The summed E-state index contributed by atoms with van der Waals surface area (Å²) in [6.07, 6.45) is 4.50. The smallest absolute Gasteiger partial charge is 0.305 e. The summed E-state index contributed by atoms with van der Waals surface area (Å²) in [4.78, 5) is 30.4. The monoisotopic (exact) mass is 505 g/mol. The zero-order valence-electron chi connectivity index (χ0n) is 22.2. The number of ether oxygens (including phenoxy) is 1. The summed E-state index contributed by atoms with van der Waals surface area (Å²) in [7, 11) is 0. The van der Waals surface area contributed by atoms with Gasteiger partial charge in [-0.3, -0.25) is 9.59 Å². The van der Waals surface area contributed by atoms with Gasteiger partial charge in [0, 0.05) is 18.2 Å². The second kappa shape index (κ2) is 11.8. The van der Waals surface area contributed by atoms with E-state index in [0.29, 0.717) is 42.1 Å². The number of carbonyl (C=O) groups excluding carboxylic acids is 1. The number of hydrogen-bond acceptors (Lipinski definition) is 4. The Morgan fingerprint density at radius 1 is 1.03 bits per heavy atom. The molecule has 7 nitrogen and oxygen atoms in total. The van der Waals surface area contributed by atoms with Crippen LogP contribution in [0, 0.1) is 11.3 Å². The fourth-order valence-corrected chi connectivity index (χ4v) is 5.44. The van der Waals surface area contributed by atoms with E-state index in [1.807, 2.05) is 30.3 Å². The highest BCUT2D eigenvalue weighted by Crippen LogP contribution is 2.42. The standard InChI is InChI=1S/C30H39N3O4/c1-30(2,3)24-13-15-25(16-14-24)33-26(20-37-29(33)32-19-21-7-5-4-6-8-21)22-9-11-23(12-10-22)28(36)31-18-17-27(34)35/h4-12,24-26H,13-20H2,1-3H3,(H,31,36)(H,34,35)/b32-29-. The number of rotatable bonds is 8. The van der Waals surface area contributed by atoms with Crippen LogP contribution < -0.4 is 5.32 Å². The molecule has 1 aliphatic carbocycles. The normalized spacial score (nSPS) is 23.1. The minimum atomic E-state index is -0.932. The molecule has 1 saturated carbocycles. The van der Waals surface area contributed by atoms with Crippen LogP contribution in [0.5, 0.6) is 0 Å². The SMILES string of the molecule is CC(C)(C)C1CCC(N2/C(=N/Cc3ccccc3)OCC2c2ccc(C(=O)NCCC(=O)O)cc2)CC1. The number of amides is 1. The molecule has 37 heavy (non-hydrogen) atoms. The first-order valence-electron chi connectivity index (χ1n) is 13.3. The molecule has 2 aromatic rings. The molecule has 1 atom stereocenters. The Balaban J connectivity index is 1.51. The maximum atomic E-state index is 12.4. The summed E-state index contributed by atoms with van der Waals surface area (Å²) in [6, 6.07) is 18.9. The van der Waals surface area contributed by atoms with Crippen molar-refractivity contribution in [1.29, 1.82) is 0 Å². The molecule has 1 unspecified atom stereocenters. The van der Waals surface area contributed by atoms with Gasteiger partial charge in [-0.2, -0.15) is 0 Å². The van der Waals surface area contributed by atoms with E-state index < -0.39 is 5.97 Å². The molecular formula is C30H39N3O4. The maximum Gasteiger partial charge on any atom is 0.305 e. The van der Waals surface area contributed by atoms with Gasteiger partial charge in [-0.25, -0.2) is 4.99 Å². The molecule has 2 fully saturated rings. The molecule has 1 heterocycles.